The zero-order chi connectivity index (χ0) is 29.9. The molecule has 4 aromatic carbocycles. The number of hydrogen-bond acceptors (Lipinski definition) is 10. The van der Waals surface area contributed by atoms with E-state index < -0.39 is 28.9 Å². The Labute approximate surface area is 232 Å². The van der Waals surface area contributed by atoms with Gasteiger partial charge in [0.25, 0.3) is 0 Å². The third kappa shape index (κ3) is 4.22. The molecule has 0 saturated carbocycles. The minimum absolute atomic E-state index is 0.0648. The summed E-state index contributed by atoms with van der Waals surface area (Å²) >= 11 is 0. The lowest BCUT2D eigenvalue weighted by atomic mass is 9.82. The van der Waals surface area contributed by atoms with Gasteiger partial charge in [0.05, 0.1) is 29.4 Å². The van der Waals surface area contributed by atoms with Crippen LogP contribution in [0.25, 0.3) is 0 Å². The molecule has 206 valence electrons. The van der Waals surface area contributed by atoms with Crippen LogP contribution < -0.4 is 4.74 Å². The highest BCUT2D eigenvalue weighted by Gasteiger charge is 2.36. The maximum atomic E-state index is 12.5. The van der Waals surface area contributed by atoms with Crippen molar-refractivity contribution in [1.29, 1.82) is 0 Å². The van der Waals surface area contributed by atoms with E-state index in [1.54, 1.807) is 19.9 Å². The van der Waals surface area contributed by atoms with Crippen molar-refractivity contribution < 1.29 is 49.4 Å². The number of rotatable bonds is 1. The largest absolute Gasteiger partial charge is 0.508 e. The standard InChI is InChI=1S/C16H12O5.C15H10O5/c1-7-3-9-13(11(17)4-7)16(20)14-10(15(9)19)5-8(21-2)6-12(14)18;1-6-2-8-12(10(17)3-6)15(20)13-9(14(8)19)4-7(16)5-11(13)18/h3-6,17-18H,1-2H3;2-5,16-18H,1H3. The summed E-state index contributed by atoms with van der Waals surface area (Å²) in [6.07, 6.45) is 0. The predicted octanol–water partition coefficient (Wildman–Crippen LogP) is 4.08. The first-order chi connectivity index (χ1) is 19.3. The molecule has 0 heterocycles. The Morgan fingerprint density at radius 2 is 0.829 bits per heavy atom. The molecule has 10 heteroatoms. The van der Waals surface area contributed by atoms with Gasteiger partial charge in [0.15, 0.2) is 11.6 Å². The van der Waals surface area contributed by atoms with Crippen LogP contribution in [0.2, 0.25) is 0 Å². The second kappa shape index (κ2) is 9.53. The Bertz CT molecular complexity index is 1800. The van der Waals surface area contributed by atoms with Crippen molar-refractivity contribution in [2.75, 3.05) is 7.11 Å². The van der Waals surface area contributed by atoms with E-state index in [9.17, 15) is 44.7 Å². The van der Waals surface area contributed by atoms with Gasteiger partial charge in [0.2, 0.25) is 11.6 Å². The number of carbonyl (C=O) groups excluding carboxylic acids is 4. The topological polar surface area (TPSA) is 179 Å². The average Bonchev–Trinajstić information content (AvgIpc) is 2.89. The third-order valence-electron chi connectivity index (χ3n) is 6.84. The average molecular weight is 555 g/mol. The summed E-state index contributed by atoms with van der Waals surface area (Å²) in [5.74, 6) is -3.54. The highest BCUT2D eigenvalue weighted by molar-refractivity contribution is 6.31. The molecule has 10 nitrogen and oxygen atoms in total. The number of aryl methyl sites for hydroxylation is 2. The number of carbonyl (C=O) groups is 4. The summed E-state index contributed by atoms with van der Waals surface area (Å²) in [5.41, 5.74) is 1.04. The zero-order valence-electron chi connectivity index (χ0n) is 21.9. The summed E-state index contributed by atoms with van der Waals surface area (Å²) in [4.78, 5) is 49.8. The van der Waals surface area contributed by atoms with E-state index in [2.05, 4.69) is 0 Å². The number of phenols is 5. The number of hydrogen-bond donors (Lipinski definition) is 5. The summed E-state index contributed by atoms with van der Waals surface area (Å²) in [6, 6.07) is 10.6. The van der Waals surface area contributed by atoms with Crippen LogP contribution in [0.1, 0.15) is 74.8 Å². The molecule has 0 bridgehead atoms. The van der Waals surface area contributed by atoms with Crippen molar-refractivity contribution in [3.63, 3.8) is 0 Å². The van der Waals surface area contributed by atoms with Gasteiger partial charge in [-0.25, -0.2) is 0 Å². The normalized spacial score (nSPS) is 13.0. The molecule has 0 radical (unpaired) electrons. The van der Waals surface area contributed by atoms with E-state index in [0.717, 1.165) is 12.1 Å². The zero-order valence-corrected chi connectivity index (χ0v) is 21.9. The van der Waals surface area contributed by atoms with Crippen molar-refractivity contribution in [3.8, 4) is 34.5 Å². The first kappa shape index (κ1) is 26.9. The molecule has 41 heavy (non-hydrogen) atoms. The summed E-state index contributed by atoms with van der Waals surface area (Å²) in [5, 5.41) is 49.1. The van der Waals surface area contributed by atoms with Crippen LogP contribution in [0.4, 0.5) is 0 Å². The maximum Gasteiger partial charge on any atom is 0.201 e. The van der Waals surface area contributed by atoms with E-state index in [1.165, 1.54) is 37.4 Å². The quantitative estimate of drug-likeness (QED) is 0.199. The number of ketones is 4. The minimum Gasteiger partial charge on any atom is -0.508 e. The van der Waals surface area contributed by atoms with E-state index in [0.29, 0.717) is 11.1 Å². The van der Waals surface area contributed by atoms with Gasteiger partial charge in [-0.2, -0.15) is 0 Å². The summed E-state index contributed by atoms with van der Waals surface area (Å²) in [6.45, 7) is 3.41. The molecule has 2 aliphatic carbocycles. The molecule has 0 aromatic heterocycles. The highest BCUT2D eigenvalue weighted by Crippen LogP contribution is 2.40. The van der Waals surface area contributed by atoms with Crippen LogP contribution in [0.3, 0.4) is 0 Å². The molecule has 0 aliphatic heterocycles. The molecular formula is C31H22O10. The lowest BCUT2D eigenvalue weighted by Crippen LogP contribution is -2.21. The Morgan fingerprint density at radius 3 is 1.27 bits per heavy atom. The fourth-order valence-corrected chi connectivity index (χ4v) is 5.08. The van der Waals surface area contributed by atoms with Gasteiger partial charge in [-0.3, -0.25) is 19.2 Å². The van der Waals surface area contributed by atoms with Crippen LogP contribution in [-0.2, 0) is 0 Å². The number of aromatic hydroxyl groups is 5. The van der Waals surface area contributed by atoms with Crippen LogP contribution in [-0.4, -0.2) is 55.8 Å². The number of methoxy groups -OCH3 is 1. The molecule has 0 spiro atoms. The lowest BCUT2D eigenvalue weighted by Gasteiger charge is -2.20. The number of phenolic OH excluding ortho intramolecular Hbond substituents is 5. The van der Waals surface area contributed by atoms with Gasteiger partial charge in [-0.1, -0.05) is 0 Å². The summed E-state index contributed by atoms with van der Waals surface area (Å²) < 4.78 is 5.01. The third-order valence-corrected chi connectivity index (χ3v) is 6.84. The molecule has 0 amide bonds. The molecule has 2 aliphatic rings. The number of benzene rings is 4. The van der Waals surface area contributed by atoms with Crippen LogP contribution in [0.5, 0.6) is 34.5 Å². The second-order valence-corrected chi connectivity index (χ2v) is 9.69. The number of ether oxygens (including phenoxy) is 1. The molecule has 4 aromatic rings. The van der Waals surface area contributed by atoms with E-state index in [-0.39, 0.29) is 73.3 Å². The monoisotopic (exact) mass is 554 g/mol. The van der Waals surface area contributed by atoms with Crippen molar-refractivity contribution in [2.45, 2.75) is 13.8 Å². The predicted molar refractivity (Wildman–Crippen MR) is 144 cm³/mol. The van der Waals surface area contributed by atoms with Gasteiger partial charge in [0.1, 0.15) is 34.5 Å². The van der Waals surface area contributed by atoms with Crippen molar-refractivity contribution in [2.24, 2.45) is 0 Å². The summed E-state index contributed by atoms with van der Waals surface area (Å²) in [7, 11) is 1.40. The smallest absolute Gasteiger partial charge is 0.201 e. The fraction of sp³-hybridized carbons (Fsp3) is 0.0968. The van der Waals surface area contributed by atoms with Crippen LogP contribution in [0.15, 0.2) is 48.5 Å². The van der Waals surface area contributed by atoms with Crippen molar-refractivity contribution in [3.05, 3.63) is 104 Å². The Hall–Kier alpha value is -5.64. The molecule has 0 saturated heterocycles. The maximum absolute atomic E-state index is 12.5. The first-order valence-electron chi connectivity index (χ1n) is 12.2. The van der Waals surface area contributed by atoms with Crippen LogP contribution >= 0.6 is 0 Å². The Morgan fingerprint density at radius 1 is 0.463 bits per heavy atom. The fourth-order valence-electron chi connectivity index (χ4n) is 5.08. The van der Waals surface area contributed by atoms with E-state index in [4.69, 9.17) is 4.74 Å². The van der Waals surface area contributed by atoms with Gasteiger partial charge >= 0.3 is 0 Å². The van der Waals surface area contributed by atoms with Crippen molar-refractivity contribution in [1.82, 2.24) is 0 Å². The molecular weight excluding hydrogens is 532 g/mol. The van der Waals surface area contributed by atoms with Crippen LogP contribution in [0, 0.1) is 13.8 Å². The molecule has 5 N–H and O–H groups in total. The van der Waals surface area contributed by atoms with Crippen molar-refractivity contribution >= 4 is 23.1 Å². The molecule has 0 atom stereocenters. The number of fused-ring (bicyclic) bond motifs is 4. The molecule has 0 fully saturated rings. The van der Waals surface area contributed by atoms with Gasteiger partial charge in [-0.15, -0.1) is 0 Å². The van der Waals surface area contributed by atoms with E-state index >= 15 is 0 Å². The highest BCUT2D eigenvalue weighted by atomic mass is 16.5. The van der Waals surface area contributed by atoms with Gasteiger partial charge in [0, 0.05) is 34.4 Å². The molecule has 0 unspecified atom stereocenters. The second-order valence-electron chi connectivity index (χ2n) is 9.69. The lowest BCUT2D eigenvalue weighted by molar-refractivity contribution is 0.0974. The van der Waals surface area contributed by atoms with Gasteiger partial charge < -0.3 is 30.3 Å². The minimum atomic E-state index is -0.635. The SMILES string of the molecule is COc1cc(O)c2c(c1)C(=O)c1cc(C)cc(O)c1C2=O.Cc1cc(O)c2c(c1)C(=O)c1cc(O)cc(O)c1C2=O. The first-order valence-corrected chi connectivity index (χ1v) is 12.2. The Kier molecular flexibility index (Phi) is 6.26. The van der Waals surface area contributed by atoms with E-state index in [1.807, 2.05) is 0 Å². The van der Waals surface area contributed by atoms with Gasteiger partial charge in [-0.05, 0) is 61.4 Å². The molecule has 6 rings (SSSR count). The Balaban J connectivity index is 0.000000165.